The van der Waals surface area contributed by atoms with Crippen molar-refractivity contribution in [3.8, 4) is 5.75 Å². The molecule has 0 amide bonds. The SMILES string of the molecule is COc1ccc(C(=O)c2ccc(C(C)(C)C)cc2)cc1[N+]#[11C-]. The van der Waals surface area contributed by atoms with Crippen molar-refractivity contribution in [1.82, 2.24) is 0 Å². The van der Waals surface area contributed by atoms with Gasteiger partial charge >= 0.3 is 0 Å². The van der Waals surface area contributed by atoms with Gasteiger partial charge in [-0.05, 0) is 29.2 Å². The summed E-state index contributed by atoms with van der Waals surface area (Å²) in [7, 11) is 1.51. The maximum absolute atomic E-state index is 12.5. The highest BCUT2D eigenvalue weighted by Crippen LogP contribution is 2.29. The molecule has 0 heterocycles. The Labute approximate surface area is 131 Å². The van der Waals surface area contributed by atoms with Crippen LogP contribution in [0.5, 0.6) is 5.75 Å². The molecule has 0 saturated heterocycles. The van der Waals surface area contributed by atoms with Gasteiger partial charge < -0.3 is 4.74 Å². The summed E-state index contributed by atoms with van der Waals surface area (Å²) < 4.78 is 5.10. The summed E-state index contributed by atoms with van der Waals surface area (Å²) in [5.41, 5.74) is 2.70. The zero-order chi connectivity index (χ0) is 16.3. The van der Waals surface area contributed by atoms with E-state index in [1.54, 1.807) is 18.2 Å². The van der Waals surface area contributed by atoms with E-state index in [0.29, 0.717) is 22.6 Å². The largest absolute Gasteiger partial charge is 0.508 e. The van der Waals surface area contributed by atoms with Crippen molar-refractivity contribution >= 4 is 11.5 Å². The van der Waals surface area contributed by atoms with E-state index in [1.807, 2.05) is 24.3 Å². The maximum atomic E-state index is 12.5. The van der Waals surface area contributed by atoms with Crippen molar-refractivity contribution in [2.45, 2.75) is 26.2 Å². The van der Waals surface area contributed by atoms with Gasteiger partial charge in [-0.15, -0.1) is 0 Å². The Kier molecular flexibility index (Phi) is 4.32. The van der Waals surface area contributed by atoms with Crippen LogP contribution in [0.3, 0.4) is 0 Å². The van der Waals surface area contributed by atoms with Crippen LogP contribution in [0.2, 0.25) is 0 Å². The molecular formula is C19H19NO2. The first kappa shape index (κ1) is 15.8. The summed E-state index contributed by atoms with van der Waals surface area (Å²) in [6, 6.07) is 12.6. The number of hydrogen-bond acceptors (Lipinski definition) is 2. The number of benzene rings is 2. The topological polar surface area (TPSA) is 30.7 Å². The molecule has 0 unspecified atom stereocenters. The minimum absolute atomic E-state index is 0.0545. The lowest BCUT2D eigenvalue weighted by Gasteiger charge is -2.19. The molecule has 0 atom stereocenters. The molecule has 0 saturated carbocycles. The molecule has 0 radical (unpaired) electrons. The Morgan fingerprint density at radius 3 is 2.14 bits per heavy atom. The van der Waals surface area contributed by atoms with E-state index in [4.69, 9.17) is 11.3 Å². The number of carbonyl (C=O) groups is 1. The molecular weight excluding hydrogens is 273 g/mol. The van der Waals surface area contributed by atoms with Gasteiger partial charge in [-0.3, -0.25) is 4.79 Å². The molecule has 0 aromatic heterocycles. The Balaban J connectivity index is 2.34. The van der Waals surface area contributed by atoms with Crippen LogP contribution in [0.4, 0.5) is 5.69 Å². The van der Waals surface area contributed by atoms with Crippen molar-refractivity contribution in [1.29, 1.82) is 0 Å². The zero-order valence-corrected chi connectivity index (χ0v) is 13.3. The first-order chi connectivity index (χ1) is 10.4. The lowest BCUT2D eigenvalue weighted by atomic mass is 9.86. The average molecular weight is 292 g/mol. The molecule has 2 aromatic rings. The van der Waals surface area contributed by atoms with Gasteiger partial charge in [0.15, 0.2) is 5.78 Å². The van der Waals surface area contributed by atoms with Gasteiger partial charge in [-0.2, -0.15) is 0 Å². The lowest BCUT2D eigenvalue weighted by Crippen LogP contribution is -2.11. The monoisotopic (exact) mass is 292 g/mol. The molecule has 22 heavy (non-hydrogen) atoms. The standard InChI is InChI=1S/C19H19NO2/c1-19(2,3)15-9-6-13(7-10-15)18(21)14-8-11-17(22-5)16(12-14)20-4/h6-12H,1-3,5H3/i4-1. The van der Waals surface area contributed by atoms with E-state index < -0.39 is 0 Å². The summed E-state index contributed by atoms with van der Waals surface area (Å²) in [4.78, 5) is 15.9. The number of methoxy groups -OCH3 is 1. The molecule has 0 spiro atoms. The van der Waals surface area contributed by atoms with Crippen molar-refractivity contribution < 1.29 is 9.53 Å². The Morgan fingerprint density at radius 2 is 1.64 bits per heavy atom. The number of hydrogen-bond donors (Lipinski definition) is 0. The minimum Gasteiger partial charge on any atom is -0.508 e. The van der Waals surface area contributed by atoms with Crippen molar-refractivity contribution in [2.75, 3.05) is 7.11 Å². The van der Waals surface area contributed by atoms with Gasteiger partial charge in [0.25, 0.3) is 0 Å². The average Bonchev–Trinajstić information content (AvgIpc) is 2.52. The van der Waals surface area contributed by atoms with Crippen molar-refractivity contribution in [2.24, 2.45) is 0 Å². The number of ketones is 1. The summed E-state index contributed by atoms with van der Waals surface area (Å²) in [5, 5.41) is 0. The van der Waals surface area contributed by atoms with E-state index in [1.165, 1.54) is 12.7 Å². The van der Waals surface area contributed by atoms with Gasteiger partial charge in [0.2, 0.25) is 5.69 Å². The van der Waals surface area contributed by atoms with Gasteiger partial charge in [-0.1, -0.05) is 45.0 Å². The highest BCUT2D eigenvalue weighted by atomic mass is 16.5. The quantitative estimate of drug-likeness (QED) is 0.602. The number of rotatable bonds is 3. The summed E-state index contributed by atoms with van der Waals surface area (Å²) in [6.45, 7) is 13.6. The van der Waals surface area contributed by atoms with Gasteiger partial charge in [0, 0.05) is 11.1 Å². The third kappa shape index (κ3) is 3.17. The normalized spacial score (nSPS) is 10.9. The van der Waals surface area contributed by atoms with Crippen LogP contribution >= 0.6 is 0 Å². The van der Waals surface area contributed by atoms with Crippen LogP contribution in [-0.4, -0.2) is 12.9 Å². The van der Waals surface area contributed by atoms with E-state index in [2.05, 4.69) is 25.6 Å². The molecule has 0 N–H and O–H groups in total. The van der Waals surface area contributed by atoms with Gasteiger partial charge in [-0.25, -0.2) is 4.85 Å². The molecule has 112 valence electrons. The second kappa shape index (κ2) is 6.03. The third-order valence-electron chi connectivity index (χ3n) is 3.57. The van der Waals surface area contributed by atoms with E-state index in [0.717, 1.165) is 0 Å². The molecule has 2 rings (SSSR count). The minimum atomic E-state index is -0.0898. The first-order valence-electron chi connectivity index (χ1n) is 7.07. The number of carbonyl (C=O) groups excluding carboxylic acids is 1. The van der Waals surface area contributed by atoms with Gasteiger partial charge in [0.05, 0.1) is 13.7 Å². The Hall–Kier alpha value is -2.60. The fourth-order valence-corrected chi connectivity index (χ4v) is 2.21. The fraction of sp³-hybridized carbons (Fsp3) is 0.263. The second-order valence-electron chi connectivity index (χ2n) is 6.15. The summed E-state index contributed by atoms with van der Waals surface area (Å²) >= 11 is 0. The molecule has 0 fully saturated rings. The highest BCUT2D eigenvalue weighted by Gasteiger charge is 2.16. The molecule has 2 aromatic carbocycles. The van der Waals surface area contributed by atoms with E-state index in [-0.39, 0.29) is 11.2 Å². The zero-order valence-electron chi connectivity index (χ0n) is 13.3. The van der Waals surface area contributed by atoms with Crippen molar-refractivity contribution in [3.63, 3.8) is 0 Å². The smallest absolute Gasteiger partial charge is 0.228 e. The van der Waals surface area contributed by atoms with Crippen LogP contribution in [-0.2, 0) is 5.41 Å². The molecule has 0 aliphatic rings. The Bertz CT molecular complexity index is 732. The van der Waals surface area contributed by atoms with E-state index in [9.17, 15) is 4.79 Å². The van der Waals surface area contributed by atoms with E-state index >= 15 is 0 Å². The van der Waals surface area contributed by atoms with Gasteiger partial charge in [0.1, 0.15) is 5.75 Å². The van der Waals surface area contributed by atoms with Crippen LogP contribution < -0.4 is 4.74 Å². The predicted molar refractivity (Wildman–Crippen MR) is 87.8 cm³/mol. The molecule has 0 aliphatic heterocycles. The fourth-order valence-electron chi connectivity index (χ4n) is 2.21. The second-order valence-corrected chi connectivity index (χ2v) is 6.15. The first-order valence-corrected chi connectivity index (χ1v) is 7.07. The summed E-state index contributed by atoms with van der Waals surface area (Å²) in [6.07, 6.45) is 0. The Morgan fingerprint density at radius 1 is 1.05 bits per heavy atom. The van der Waals surface area contributed by atoms with Crippen LogP contribution in [0.15, 0.2) is 42.5 Å². The van der Waals surface area contributed by atoms with Crippen LogP contribution in [0, 0.1) is 6.57 Å². The maximum Gasteiger partial charge on any atom is 0.228 e. The van der Waals surface area contributed by atoms with Crippen LogP contribution in [0.1, 0.15) is 42.3 Å². The lowest BCUT2D eigenvalue weighted by molar-refractivity contribution is 0.103. The molecule has 0 aliphatic carbocycles. The van der Waals surface area contributed by atoms with Crippen LogP contribution in [0.25, 0.3) is 4.85 Å². The van der Waals surface area contributed by atoms with Crippen molar-refractivity contribution in [3.05, 3.63) is 70.6 Å². The molecule has 3 heteroatoms. The predicted octanol–water partition coefficient (Wildman–Crippen LogP) is 4.77. The summed E-state index contributed by atoms with van der Waals surface area (Å²) in [5.74, 6) is 0.391. The third-order valence-corrected chi connectivity index (χ3v) is 3.57. The number of nitrogens with zero attached hydrogens (tertiary/aromatic N) is 1. The number of ether oxygens (including phenoxy) is 1. The highest BCUT2D eigenvalue weighted by molar-refractivity contribution is 6.09. The molecule has 0 bridgehead atoms. The molecule has 3 nitrogen and oxygen atoms in total.